The Bertz CT molecular complexity index is 431. The van der Waals surface area contributed by atoms with Gasteiger partial charge in [-0.1, -0.05) is 31.9 Å². The van der Waals surface area contributed by atoms with E-state index < -0.39 is 6.10 Å². The van der Waals surface area contributed by atoms with Crippen molar-refractivity contribution < 1.29 is 9.52 Å². The molecule has 2 rings (SSSR count). The van der Waals surface area contributed by atoms with Crippen LogP contribution in [0.2, 0.25) is 0 Å². The van der Waals surface area contributed by atoms with Gasteiger partial charge in [0.2, 0.25) is 0 Å². The molecule has 0 fully saturated rings. The first-order chi connectivity index (χ1) is 7.16. The minimum absolute atomic E-state index is 0.542. The van der Waals surface area contributed by atoms with E-state index in [4.69, 9.17) is 4.42 Å². The monoisotopic (exact) mass is 330 g/mol. The lowest BCUT2D eigenvalue weighted by molar-refractivity contribution is 0.189. The summed E-state index contributed by atoms with van der Waals surface area (Å²) in [5, 5.41) is 9.99. The first kappa shape index (κ1) is 10.9. The van der Waals surface area contributed by atoms with Crippen LogP contribution in [0.4, 0.5) is 0 Å². The Morgan fingerprint density at radius 1 is 1.13 bits per heavy atom. The quantitative estimate of drug-likeness (QED) is 0.905. The Hall–Kier alpha value is -0.580. The molecule has 0 aliphatic carbocycles. The number of rotatable bonds is 2. The van der Waals surface area contributed by atoms with Crippen molar-refractivity contribution in [2.75, 3.05) is 0 Å². The van der Waals surface area contributed by atoms with Gasteiger partial charge in [0.05, 0.1) is 6.26 Å². The average Bonchev–Trinajstić information content (AvgIpc) is 2.67. The van der Waals surface area contributed by atoms with E-state index in [1.807, 2.05) is 18.2 Å². The first-order valence-electron chi connectivity index (χ1n) is 4.34. The lowest BCUT2D eigenvalue weighted by Crippen LogP contribution is -1.97. The molecule has 0 aliphatic heterocycles. The molecule has 78 valence electrons. The SMILES string of the molecule is OC(c1cc(Br)cc(Br)c1)c1ccco1. The molecule has 0 saturated heterocycles. The normalized spacial score (nSPS) is 12.7. The number of hydrogen-bond acceptors (Lipinski definition) is 2. The summed E-state index contributed by atoms with van der Waals surface area (Å²) in [7, 11) is 0. The number of aliphatic hydroxyl groups excluding tert-OH is 1. The lowest BCUT2D eigenvalue weighted by atomic mass is 10.1. The third-order valence-corrected chi connectivity index (χ3v) is 2.93. The Morgan fingerprint density at radius 3 is 2.33 bits per heavy atom. The molecule has 15 heavy (non-hydrogen) atoms. The molecule has 1 atom stereocenters. The van der Waals surface area contributed by atoms with Gasteiger partial charge in [0.1, 0.15) is 11.9 Å². The van der Waals surface area contributed by atoms with Gasteiger partial charge in [-0.05, 0) is 35.9 Å². The number of furan rings is 1. The van der Waals surface area contributed by atoms with Gasteiger partial charge in [-0.25, -0.2) is 0 Å². The molecule has 1 aromatic heterocycles. The predicted molar refractivity (Wildman–Crippen MR) is 64.6 cm³/mol. The van der Waals surface area contributed by atoms with Crippen LogP contribution in [0.25, 0.3) is 0 Å². The largest absolute Gasteiger partial charge is 0.466 e. The highest BCUT2D eigenvalue weighted by Crippen LogP contribution is 2.28. The number of hydrogen-bond donors (Lipinski definition) is 1. The molecule has 2 nitrogen and oxygen atoms in total. The Morgan fingerprint density at radius 2 is 1.80 bits per heavy atom. The van der Waals surface area contributed by atoms with E-state index in [0.717, 1.165) is 14.5 Å². The second-order valence-electron chi connectivity index (χ2n) is 3.12. The summed E-state index contributed by atoms with van der Waals surface area (Å²) in [6.07, 6.45) is 0.819. The zero-order chi connectivity index (χ0) is 10.8. The summed E-state index contributed by atoms with van der Waals surface area (Å²) in [5.41, 5.74) is 0.784. The summed E-state index contributed by atoms with van der Waals surface area (Å²) < 4.78 is 6.98. The third-order valence-electron chi connectivity index (χ3n) is 2.01. The van der Waals surface area contributed by atoms with Crippen molar-refractivity contribution in [3.63, 3.8) is 0 Å². The minimum Gasteiger partial charge on any atom is -0.466 e. The van der Waals surface area contributed by atoms with Gasteiger partial charge in [0.15, 0.2) is 0 Å². The molecule has 0 amide bonds. The molecule has 2 aromatic rings. The van der Waals surface area contributed by atoms with Gasteiger partial charge < -0.3 is 9.52 Å². The zero-order valence-electron chi connectivity index (χ0n) is 7.65. The van der Waals surface area contributed by atoms with E-state index in [2.05, 4.69) is 31.9 Å². The topological polar surface area (TPSA) is 33.4 Å². The van der Waals surface area contributed by atoms with Crippen LogP contribution in [0, 0.1) is 0 Å². The third kappa shape index (κ3) is 2.51. The van der Waals surface area contributed by atoms with E-state index >= 15 is 0 Å². The molecule has 1 heterocycles. The number of benzene rings is 1. The summed E-state index contributed by atoms with van der Waals surface area (Å²) in [6.45, 7) is 0. The van der Waals surface area contributed by atoms with Crippen LogP contribution >= 0.6 is 31.9 Å². The highest BCUT2D eigenvalue weighted by molar-refractivity contribution is 9.11. The maximum atomic E-state index is 9.99. The minimum atomic E-state index is -0.728. The van der Waals surface area contributed by atoms with E-state index in [0.29, 0.717) is 5.76 Å². The number of halogens is 2. The zero-order valence-corrected chi connectivity index (χ0v) is 10.8. The standard InChI is InChI=1S/C11H8Br2O2/c12-8-4-7(5-9(13)6-8)11(14)10-2-1-3-15-10/h1-6,11,14H. The van der Waals surface area contributed by atoms with E-state index in [1.54, 1.807) is 18.4 Å². The Kier molecular flexibility index (Phi) is 3.29. The summed E-state index contributed by atoms with van der Waals surface area (Å²) in [6, 6.07) is 9.14. The maximum Gasteiger partial charge on any atom is 0.137 e. The van der Waals surface area contributed by atoms with Crippen LogP contribution in [-0.2, 0) is 0 Å². The van der Waals surface area contributed by atoms with Gasteiger partial charge in [0, 0.05) is 8.95 Å². The molecule has 0 bridgehead atoms. The maximum absolute atomic E-state index is 9.99. The fourth-order valence-corrected chi connectivity index (χ4v) is 2.67. The lowest BCUT2D eigenvalue weighted by Gasteiger charge is -2.09. The van der Waals surface area contributed by atoms with Crippen LogP contribution in [0.5, 0.6) is 0 Å². The summed E-state index contributed by atoms with van der Waals surface area (Å²) in [4.78, 5) is 0. The molecule has 0 radical (unpaired) electrons. The fourth-order valence-electron chi connectivity index (χ4n) is 1.34. The molecule has 1 unspecified atom stereocenters. The van der Waals surface area contributed by atoms with Gasteiger partial charge >= 0.3 is 0 Å². The molecule has 0 spiro atoms. The van der Waals surface area contributed by atoms with Crippen LogP contribution in [0.3, 0.4) is 0 Å². The van der Waals surface area contributed by atoms with Crippen molar-refractivity contribution in [1.29, 1.82) is 0 Å². The molecule has 0 aliphatic rings. The van der Waals surface area contributed by atoms with Gasteiger partial charge in [0.25, 0.3) is 0 Å². The summed E-state index contributed by atoms with van der Waals surface area (Å²) in [5.74, 6) is 0.542. The van der Waals surface area contributed by atoms with Crippen LogP contribution < -0.4 is 0 Å². The molecular weight excluding hydrogens is 324 g/mol. The van der Waals surface area contributed by atoms with Gasteiger partial charge in [-0.2, -0.15) is 0 Å². The first-order valence-corrected chi connectivity index (χ1v) is 5.93. The molecule has 1 N–H and O–H groups in total. The van der Waals surface area contributed by atoms with Crippen LogP contribution in [0.15, 0.2) is 50.0 Å². The van der Waals surface area contributed by atoms with Crippen molar-refractivity contribution in [3.05, 3.63) is 56.9 Å². The highest BCUT2D eigenvalue weighted by Gasteiger charge is 2.13. The van der Waals surface area contributed by atoms with Crippen LogP contribution in [0.1, 0.15) is 17.4 Å². The molecule has 1 aromatic carbocycles. The fraction of sp³-hybridized carbons (Fsp3) is 0.0909. The van der Waals surface area contributed by atoms with E-state index in [-0.39, 0.29) is 0 Å². The van der Waals surface area contributed by atoms with E-state index in [9.17, 15) is 5.11 Å². The second-order valence-corrected chi connectivity index (χ2v) is 4.95. The van der Waals surface area contributed by atoms with Gasteiger partial charge in [-0.15, -0.1) is 0 Å². The Labute approximate surface area is 104 Å². The molecule has 0 saturated carbocycles. The predicted octanol–water partition coefficient (Wildman–Crippen LogP) is 3.89. The van der Waals surface area contributed by atoms with Crippen molar-refractivity contribution in [3.8, 4) is 0 Å². The number of aliphatic hydroxyl groups is 1. The molecular formula is C11H8Br2O2. The van der Waals surface area contributed by atoms with Crippen molar-refractivity contribution in [2.45, 2.75) is 6.10 Å². The van der Waals surface area contributed by atoms with Gasteiger partial charge in [-0.3, -0.25) is 0 Å². The van der Waals surface area contributed by atoms with Crippen molar-refractivity contribution in [1.82, 2.24) is 0 Å². The summed E-state index contributed by atoms with van der Waals surface area (Å²) >= 11 is 6.75. The second kappa shape index (κ2) is 4.51. The van der Waals surface area contributed by atoms with E-state index in [1.165, 1.54) is 0 Å². The van der Waals surface area contributed by atoms with Crippen molar-refractivity contribution >= 4 is 31.9 Å². The molecule has 4 heteroatoms. The average molecular weight is 332 g/mol. The highest BCUT2D eigenvalue weighted by atomic mass is 79.9. The van der Waals surface area contributed by atoms with Crippen LogP contribution in [-0.4, -0.2) is 5.11 Å². The van der Waals surface area contributed by atoms with Crippen molar-refractivity contribution in [2.24, 2.45) is 0 Å². The Balaban J connectivity index is 2.37. The smallest absolute Gasteiger partial charge is 0.137 e.